The quantitative estimate of drug-likeness (QED) is 0.122. The first-order chi connectivity index (χ1) is 29.8. The maximum atomic E-state index is 2.50. The van der Waals surface area contributed by atoms with Gasteiger partial charge in [-0.1, -0.05) is 12.1 Å². The van der Waals surface area contributed by atoms with Crippen LogP contribution in [-0.4, -0.2) is 14.5 Å². The summed E-state index contributed by atoms with van der Waals surface area (Å²) in [6.45, 7) is 0. The first kappa shape index (κ1) is 34.1. The molecule has 0 saturated carbocycles. The van der Waals surface area contributed by atoms with E-state index in [4.69, 9.17) is 0 Å². The van der Waals surface area contributed by atoms with E-state index in [1.54, 1.807) is 0 Å². The Hall–Kier alpha value is -6.80. The average molecular weight is 842 g/mol. The Labute approximate surface area is 357 Å². The van der Waals surface area contributed by atoms with Gasteiger partial charge in [0.25, 0.3) is 0 Å². The molecule has 0 aliphatic rings. The third-order valence-electron chi connectivity index (χ3n) is 12.7. The molecule has 60 heavy (non-hydrogen) atoms. The van der Waals surface area contributed by atoms with Gasteiger partial charge in [-0.3, -0.25) is 0 Å². The molecule has 0 radical (unpaired) electrons. The Morgan fingerprint density at radius 1 is 0.283 bits per heavy atom. The molecule has 0 unspecified atom stereocenters. The van der Waals surface area contributed by atoms with Crippen molar-refractivity contribution in [3.63, 3.8) is 0 Å². The molecule has 0 nitrogen and oxygen atoms in total. The van der Waals surface area contributed by atoms with Crippen LogP contribution in [0.2, 0.25) is 0 Å². The van der Waals surface area contributed by atoms with Crippen LogP contribution in [0.25, 0.3) is 127 Å². The molecule has 2 heteroatoms. The molecule has 0 aliphatic carbocycles. The molecule has 11 aromatic carbocycles. The molecule has 0 saturated heterocycles. The van der Waals surface area contributed by atoms with E-state index in [2.05, 4.69) is 206 Å². The van der Waals surface area contributed by atoms with E-state index in [0.717, 1.165) is 0 Å². The zero-order chi connectivity index (χ0) is 39.3. The summed E-state index contributed by atoms with van der Waals surface area (Å²) in [6, 6.07) is 77.2. The number of benzene rings is 11. The van der Waals surface area contributed by atoms with E-state index in [1.165, 1.54) is 127 Å². The van der Waals surface area contributed by atoms with Crippen LogP contribution in [0.1, 0.15) is 0 Å². The monoisotopic (exact) mass is 842 g/mol. The second-order valence-electron chi connectivity index (χ2n) is 15.8. The van der Waals surface area contributed by atoms with Crippen LogP contribution in [0, 0.1) is 0 Å². The summed E-state index contributed by atoms with van der Waals surface area (Å²) in [6.07, 6.45) is 0. The van der Waals surface area contributed by atoms with Crippen molar-refractivity contribution in [1.29, 1.82) is 0 Å². The van der Waals surface area contributed by atoms with Gasteiger partial charge in [-0.15, -0.1) is 0 Å². The van der Waals surface area contributed by atoms with E-state index in [0.29, 0.717) is 0 Å². The minimum atomic E-state index is 0.149. The molecular weight excluding hydrogens is 808 g/mol. The van der Waals surface area contributed by atoms with Gasteiger partial charge in [0.15, 0.2) is 0 Å². The zero-order valence-corrected chi connectivity index (χ0v) is 35.0. The Morgan fingerprint density at radius 3 is 1.35 bits per heavy atom. The second-order valence-corrected chi connectivity index (χ2v) is 19.1. The SMILES string of the molecule is c1ccc(-c2c3ccccc3c(-c3cccc4c3[se]c3ccc(-c5c6ccccc6c(-c6cccc7sc8ccccc8c67)c6ccccc56)cc34)c3ccccc23)cc1. The molecule has 0 aliphatic heterocycles. The summed E-state index contributed by atoms with van der Waals surface area (Å²) in [5.41, 5.74) is 10.5. The molecule has 0 spiro atoms. The molecule has 13 aromatic rings. The van der Waals surface area contributed by atoms with Crippen LogP contribution in [0.5, 0.6) is 0 Å². The molecule has 0 bridgehead atoms. The van der Waals surface area contributed by atoms with Crippen molar-refractivity contribution in [2.45, 2.75) is 0 Å². The number of hydrogen-bond donors (Lipinski definition) is 0. The maximum absolute atomic E-state index is 2.50. The third-order valence-corrected chi connectivity index (χ3v) is 16.3. The van der Waals surface area contributed by atoms with Gasteiger partial charge >= 0.3 is 341 Å². The van der Waals surface area contributed by atoms with Crippen LogP contribution in [0.3, 0.4) is 0 Å². The van der Waals surface area contributed by atoms with Crippen molar-refractivity contribution in [2.75, 3.05) is 0 Å². The Bertz CT molecular complexity index is 3770. The van der Waals surface area contributed by atoms with E-state index >= 15 is 0 Å². The summed E-state index contributed by atoms with van der Waals surface area (Å²) < 4.78 is 5.59. The number of thiophene rings is 1. The van der Waals surface area contributed by atoms with Gasteiger partial charge in [-0.05, 0) is 6.07 Å². The summed E-state index contributed by atoms with van der Waals surface area (Å²) in [4.78, 5) is 0. The summed E-state index contributed by atoms with van der Waals surface area (Å²) in [7, 11) is 0. The number of fused-ring (bicyclic) bond motifs is 10. The zero-order valence-electron chi connectivity index (χ0n) is 32.4. The molecule has 0 N–H and O–H groups in total. The summed E-state index contributed by atoms with van der Waals surface area (Å²) in [5, 5.41) is 15.8. The predicted octanol–water partition coefficient (Wildman–Crippen LogP) is 16.7. The van der Waals surface area contributed by atoms with Gasteiger partial charge in [0.1, 0.15) is 0 Å². The fourth-order valence-corrected chi connectivity index (χ4v) is 13.9. The van der Waals surface area contributed by atoms with Crippen molar-refractivity contribution in [1.82, 2.24) is 0 Å². The number of hydrogen-bond acceptors (Lipinski definition) is 1. The summed E-state index contributed by atoms with van der Waals surface area (Å²) in [5.74, 6) is 0. The second kappa shape index (κ2) is 13.4. The van der Waals surface area contributed by atoms with Crippen molar-refractivity contribution in [3.05, 3.63) is 206 Å². The van der Waals surface area contributed by atoms with Crippen LogP contribution in [0.4, 0.5) is 0 Å². The molecule has 2 heterocycles. The molecular formula is C58H34SSe. The fraction of sp³-hybridized carbons (Fsp3) is 0. The van der Waals surface area contributed by atoms with E-state index in [1.807, 2.05) is 11.3 Å². The predicted molar refractivity (Wildman–Crippen MR) is 263 cm³/mol. The van der Waals surface area contributed by atoms with Crippen LogP contribution >= 0.6 is 11.3 Å². The van der Waals surface area contributed by atoms with Crippen molar-refractivity contribution in [3.8, 4) is 44.5 Å². The van der Waals surface area contributed by atoms with E-state index in [-0.39, 0.29) is 14.5 Å². The molecule has 0 fully saturated rings. The Balaban J connectivity index is 1.06. The van der Waals surface area contributed by atoms with Crippen LogP contribution in [0.15, 0.2) is 206 Å². The molecule has 2 aromatic heterocycles. The van der Waals surface area contributed by atoms with Crippen LogP contribution in [-0.2, 0) is 0 Å². The van der Waals surface area contributed by atoms with Gasteiger partial charge in [0.05, 0.1) is 0 Å². The van der Waals surface area contributed by atoms with Crippen molar-refractivity contribution >= 4 is 108 Å². The van der Waals surface area contributed by atoms with Gasteiger partial charge in [0, 0.05) is 0 Å². The standard InChI is InChI=1S/C58H34SSe/c1-2-16-35(17-3-1)53-37-18-4-10-24-43(37)56(44-25-11-5-19-38(44)53)48-29-14-27-45-49-34-36(32-33-52(49)60-58(45)48)54-39-20-6-8-22-41(39)55(42-23-9-7-21-40(42)54)47-28-15-31-51-57(47)46-26-12-13-30-50(46)59-51/h1-34H. The van der Waals surface area contributed by atoms with E-state index < -0.39 is 0 Å². The van der Waals surface area contributed by atoms with Gasteiger partial charge in [-0.2, -0.15) is 0 Å². The summed E-state index contributed by atoms with van der Waals surface area (Å²) >= 11 is 2.04. The van der Waals surface area contributed by atoms with Crippen molar-refractivity contribution in [2.24, 2.45) is 0 Å². The molecule has 0 amide bonds. The van der Waals surface area contributed by atoms with E-state index in [9.17, 15) is 0 Å². The Kier molecular flexibility index (Phi) is 7.59. The normalized spacial score (nSPS) is 12.0. The van der Waals surface area contributed by atoms with Gasteiger partial charge < -0.3 is 0 Å². The minimum absolute atomic E-state index is 0.149. The van der Waals surface area contributed by atoms with Crippen LogP contribution < -0.4 is 0 Å². The Morgan fingerprint density at radius 2 is 0.733 bits per heavy atom. The van der Waals surface area contributed by atoms with Gasteiger partial charge in [0.2, 0.25) is 0 Å². The van der Waals surface area contributed by atoms with Gasteiger partial charge in [-0.25, -0.2) is 0 Å². The first-order valence-electron chi connectivity index (χ1n) is 20.6. The molecule has 0 atom stereocenters. The average Bonchev–Trinajstić information content (AvgIpc) is 3.89. The topological polar surface area (TPSA) is 0 Å². The first-order valence-corrected chi connectivity index (χ1v) is 23.1. The molecule has 278 valence electrons. The van der Waals surface area contributed by atoms with Crippen molar-refractivity contribution < 1.29 is 0 Å². The molecule has 13 rings (SSSR count). The fourth-order valence-electron chi connectivity index (χ4n) is 10.2. The third kappa shape index (κ3) is 4.97. The number of rotatable bonds is 4.